The number of aromatic nitrogens is 3. The molecule has 5 nitrogen and oxygen atoms in total. The van der Waals surface area contributed by atoms with Gasteiger partial charge < -0.3 is 5.43 Å². The maximum absolute atomic E-state index is 5.58. The Balaban J connectivity index is 1.86. The average molecular weight is 297 g/mol. The van der Waals surface area contributed by atoms with Crippen molar-refractivity contribution < 1.29 is 0 Å². The van der Waals surface area contributed by atoms with Crippen LogP contribution in [0, 0.1) is 6.92 Å². The largest absolute Gasteiger partial charge is 0.308 e. The van der Waals surface area contributed by atoms with E-state index in [2.05, 4.69) is 26.4 Å². The molecule has 0 radical (unpaired) electrons. The van der Waals surface area contributed by atoms with E-state index < -0.39 is 0 Å². The molecule has 106 valence electrons. The van der Waals surface area contributed by atoms with Crippen LogP contribution in [-0.2, 0) is 5.75 Å². The van der Waals surface area contributed by atoms with Crippen molar-refractivity contribution in [3.8, 4) is 0 Å². The van der Waals surface area contributed by atoms with E-state index >= 15 is 0 Å². The third-order valence-electron chi connectivity index (χ3n) is 3.05. The van der Waals surface area contributed by atoms with Crippen molar-refractivity contribution in [3.05, 3.63) is 53.9 Å². The molecule has 0 unspecified atom stereocenters. The molecule has 2 heterocycles. The Bertz CT molecular complexity index is 758. The van der Waals surface area contributed by atoms with Crippen LogP contribution in [0.1, 0.15) is 11.1 Å². The van der Waals surface area contributed by atoms with Crippen LogP contribution in [0.2, 0.25) is 0 Å². The fraction of sp³-hybridized carbons (Fsp3) is 0.133. The number of nitrogens with two attached hydrogens (primary N) is 1. The highest BCUT2D eigenvalue weighted by Gasteiger charge is 2.07. The summed E-state index contributed by atoms with van der Waals surface area (Å²) in [5.74, 6) is 6.97. The zero-order valence-electron chi connectivity index (χ0n) is 11.6. The Kier molecular flexibility index (Phi) is 3.98. The Morgan fingerprint density at radius 3 is 2.71 bits per heavy atom. The standard InChI is InChI=1S/C15H15N5S/c1-10-7-17-15(18-8-10)21-9-12-6-11-4-2-3-5-13(11)19-14(12)20-16/h2-8H,9,16H2,1H3,(H,19,20). The smallest absolute Gasteiger partial charge is 0.187 e. The molecular weight excluding hydrogens is 282 g/mol. The van der Waals surface area contributed by atoms with Crippen molar-refractivity contribution >= 4 is 28.5 Å². The highest BCUT2D eigenvalue weighted by molar-refractivity contribution is 7.98. The van der Waals surface area contributed by atoms with Gasteiger partial charge in [-0.15, -0.1) is 0 Å². The number of benzene rings is 1. The molecule has 0 bridgehead atoms. The van der Waals surface area contributed by atoms with Crippen molar-refractivity contribution in [2.45, 2.75) is 17.8 Å². The summed E-state index contributed by atoms with van der Waals surface area (Å²) in [6.45, 7) is 1.97. The van der Waals surface area contributed by atoms with Crippen LogP contribution >= 0.6 is 11.8 Å². The molecule has 0 amide bonds. The SMILES string of the molecule is Cc1cnc(SCc2cc3ccccc3nc2NN)nc1. The number of para-hydroxylation sites is 1. The van der Waals surface area contributed by atoms with Gasteiger partial charge in [0.05, 0.1) is 5.52 Å². The summed E-state index contributed by atoms with van der Waals surface area (Å²) >= 11 is 1.56. The molecule has 0 aliphatic rings. The van der Waals surface area contributed by atoms with E-state index in [1.807, 2.05) is 43.6 Å². The van der Waals surface area contributed by atoms with Gasteiger partial charge in [0, 0.05) is 29.1 Å². The first kappa shape index (κ1) is 13.8. The maximum Gasteiger partial charge on any atom is 0.187 e. The molecular formula is C15H15N5S. The number of aryl methyl sites for hydroxylation is 1. The van der Waals surface area contributed by atoms with E-state index in [4.69, 9.17) is 5.84 Å². The summed E-state index contributed by atoms with van der Waals surface area (Å²) in [4.78, 5) is 13.1. The Morgan fingerprint density at radius 1 is 1.19 bits per heavy atom. The van der Waals surface area contributed by atoms with Gasteiger partial charge >= 0.3 is 0 Å². The number of anilines is 1. The molecule has 2 aromatic heterocycles. The summed E-state index contributed by atoms with van der Waals surface area (Å²) in [7, 11) is 0. The number of hydrazine groups is 1. The van der Waals surface area contributed by atoms with Crippen molar-refractivity contribution in [2.24, 2.45) is 5.84 Å². The van der Waals surface area contributed by atoms with E-state index in [0.717, 1.165) is 27.2 Å². The Labute approximate surface area is 127 Å². The van der Waals surface area contributed by atoms with Crippen LogP contribution in [0.5, 0.6) is 0 Å². The van der Waals surface area contributed by atoms with E-state index in [0.29, 0.717) is 11.6 Å². The van der Waals surface area contributed by atoms with Crippen molar-refractivity contribution in [2.75, 3.05) is 5.43 Å². The minimum Gasteiger partial charge on any atom is -0.308 e. The van der Waals surface area contributed by atoms with Crippen LogP contribution in [-0.4, -0.2) is 15.0 Å². The second-order valence-electron chi connectivity index (χ2n) is 4.66. The zero-order valence-corrected chi connectivity index (χ0v) is 12.4. The fourth-order valence-electron chi connectivity index (χ4n) is 1.99. The number of hydrogen-bond acceptors (Lipinski definition) is 6. The molecule has 3 aromatic rings. The van der Waals surface area contributed by atoms with Gasteiger partial charge in [0.2, 0.25) is 0 Å². The summed E-state index contributed by atoms with van der Waals surface area (Å²) in [6, 6.07) is 10.1. The Morgan fingerprint density at radius 2 is 1.95 bits per heavy atom. The first-order chi connectivity index (χ1) is 10.3. The molecule has 21 heavy (non-hydrogen) atoms. The number of fused-ring (bicyclic) bond motifs is 1. The lowest BCUT2D eigenvalue weighted by Gasteiger charge is -2.09. The van der Waals surface area contributed by atoms with E-state index in [1.165, 1.54) is 0 Å². The normalized spacial score (nSPS) is 10.8. The summed E-state index contributed by atoms with van der Waals surface area (Å²) in [5.41, 5.74) is 5.67. The highest BCUT2D eigenvalue weighted by atomic mass is 32.2. The number of thioether (sulfide) groups is 1. The first-order valence-corrected chi connectivity index (χ1v) is 7.51. The molecule has 0 saturated carbocycles. The van der Waals surface area contributed by atoms with Crippen molar-refractivity contribution in [1.82, 2.24) is 15.0 Å². The number of nitrogen functional groups attached to an aromatic ring is 1. The van der Waals surface area contributed by atoms with E-state index in [9.17, 15) is 0 Å². The minimum atomic E-state index is 0.688. The highest BCUT2D eigenvalue weighted by Crippen LogP contribution is 2.26. The second-order valence-corrected chi connectivity index (χ2v) is 5.61. The van der Waals surface area contributed by atoms with Gasteiger partial charge in [-0.1, -0.05) is 30.0 Å². The molecule has 3 rings (SSSR count). The Hall–Kier alpha value is -2.18. The van der Waals surface area contributed by atoms with Gasteiger partial charge in [-0.25, -0.2) is 20.8 Å². The van der Waals surface area contributed by atoms with Gasteiger partial charge in [0.1, 0.15) is 5.82 Å². The van der Waals surface area contributed by atoms with Gasteiger partial charge in [-0.2, -0.15) is 0 Å². The third kappa shape index (κ3) is 3.12. The quantitative estimate of drug-likeness (QED) is 0.334. The van der Waals surface area contributed by atoms with Crippen LogP contribution in [0.4, 0.5) is 5.82 Å². The second kappa shape index (κ2) is 6.07. The predicted molar refractivity (Wildman–Crippen MR) is 85.9 cm³/mol. The van der Waals surface area contributed by atoms with Crippen LogP contribution in [0.15, 0.2) is 47.9 Å². The van der Waals surface area contributed by atoms with Gasteiger partial charge in [-0.3, -0.25) is 0 Å². The van der Waals surface area contributed by atoms with E-state index in [1.54, 1.807) is 11.8 Å². The minimum absolute atomic E-state index is 0.688. The van der Waals surface area contributed by atoms with Crippen LogP contribution < -0.4 is 11.3 Å². The average Bonchev–Trinajstić information content (AvgIpc) is 2.53. The van der Waals surface area contributed by atoms with Gasteiger partial charge in [0.25, 0.3) is 0 Å². The zero-order chi connectivity index (χ0) is 14.7. The molecule has 6 heteroatoms. The summed E-state index contributed by atoms with van der Waals surface area (Å²) in [5, 5.41) is 1.84. The number of pyridine rings is 1. The van der Waals surface area contributed by atoms with Gasteiger partial charge in [-0.05, 0) is 24.6 Å². The number of hydrogen-bond donors (Lipinski definition) is 2. The molecule has 0 atom stereocenters. The van der Waals surface area contributed by atoms with Crippen molar-refractivity contribution in [1.29, 1.82) is 0 Å². The monoisotopic (exact) mass is 297 g/mol. The summed E-state index contributed by atoms with van der Waals surface area (Å²) < 4.78 is 0. The lowest BCUT2D eigenvalue weighted by molar-refractivity contribution is 0.949. The number of rotatable bonds is 4. The number of nitrogens with one attached hydrogen (secondary N) is 1. The first-order valence-electron chi connectivity index (χ1n) is 6.53. The van der Waals surface area contributed by atoms with Crippen LogP contribution in [0.3, 0.4) is 0 Å². The molecule has 0 spiro atoms. The number of nitrogens with zero attached hydrogens (tertiary/aromatic N) is 3. The van der Waals surface area contributed by atoms with Crippen molar-refractivity contribution in [3.63, 3.8) is 0 Å². The molecule has 0 aliphatic carbocycles. The predicted octanol–water partition coefficient (Wildman–Crippen LogP) is 2.91. The molecule has 3 N–H and O–H groups in total. The topological polar surface area (TPSA) is 76.7 Å². The van der Waals surface area contributed by atoms with Gasteiger partial charge in [0.15, 0.2) is 5.16 Å². The molecule has 1 aromatic carbocycles. The molecule has 0 saturated heterocycles. The molecule has 0 fully saturated rings. The lowest BCUT2D eigenvalue weighted by atomic mass is 10.1. The summed E-state index contributed by atoms with van der Waals surface area (Å²) in [6.07, 6.45) is 3.63. The third-order valence-corrected chi connectivity index (χ3v) is 3.98. The van der Waals surface area contributed by atoms with E-state index in [-0.39, 0.29) is 0 Å². The lowest BCUT2D eigenvalue weighted by Crippen LogP contribution is -2.11. The maximum atomic E-state index is 5.58. The molecule has 0 aliphatic heterocycles. The van der Waals surface area contributed by atoms with Crippen LogP contribution in [0.25, 0.3) is 10.9 Å². The fourth-order valence-corrected chi connectivity index (χ4v) is 2.75.